The van der Waals surface area contributed by atoms with Crippen LogP contribution in [0.5, 0.6) is 0 Å². The quantitative estimate of drug-likeness (QED) is 0.280. The van der Waals surface area contributed by atoms with Crippen LogP contribution in [0.25, 0.3) is 0 Å². The maximum atomic E-state index is 11.1. The van der Waals surface area contributed by atoms with Crippen molar-refractivity contribution in [3.63, 3.8) is 0 Å². The largest absolute Gasteiger partial charge is 0.399 e. The van der Waals surface area contributed by atoms with Crippen LogP contribution in [0.15, 0.2) is 60.9 Å². The van der Waals surface area contributed by atoms with Crippen molar-refractivity contribution in [1.82, 2.24) is 4.90 Å². The molecule has 0 saturated carbocycles. The molecular weight excluding hydrogens is 364 g/mol. The number of amides is 1. The number of nitrogens with zero attached hydrogens (tertiary/aromatic N) is 1. The van der Waals surface area contributed by atoms with Gasteiger partial charge in [0.15, 0.2) is 0 Å². The molecule has 0 bridgehead atoms. The van der Waals surface area contributed by atoms with E-state index < -0.39 is 0 Å². The van der Waals surface area contributed by atoms with Crippen molar-refractivity contribution in [3.8, 4) is 0 Å². The first kappa shape index (κ1) is 22.3. The summed E-state index contributed by atoms with van der Waals surface area (Å²) in [6.45, 7) is 0.574. The maximum absolute atomic E-state index is 11.1. The van der Waals surface area contributed by atoms with Crippen LogP contribution in [0.2, 0.25) is 0 Å². The van der Waals surface area contributed by atoms with E-state index in [4.69, 9.17) is 23.1 Å². The highest BCUT2D eigenvalue weighted by Crippen LogP contribution is 2.19. The first-order chi connectivity index (χ1) is 13.0. The number of hydrogen-bond donors (Lipinski definition) is 5. The molecule has 7 nitrogen and oxygen atoms in total. The average Bonchev–Trinajstić information content (AvgIpc) is 2.69. The summed E-state index contributed by atoms with van der Waals surface area (Å²) in [4.78, 5) is 13.0. The third-order valence-corrected chi connectivity index (χ3v) is 3.55. The molecule has 0 atom stereocenters. The zero-order valence-corrected chi connectivity index (χ0v) is 16.4. The minimum Gasteiger partial charge on any atom is -0.399 e. The van der Waals surface area contributed by atoms with Gasteiger partial charge < -0.3 is 32.3 Å². The minimum atomic E-state index is -0.221. The van der Waals surface area contributed by atoms with Crippen LogP contribution in [0, 0.1) is 0 Å². The lowest BCUT2D eigenvalue weighted by atomic mass is 10.2. The number of nitrogen functional groups attached to an aromatic ring is 1. The molecule has 146 valence electrons. The van der Waals surface area contributed by atoms with Crippen molar-refractivity contribution in [1.29, 1.82) is 0 Å². The van der Waals surface area contributed by atoms with Crippen molar-refractivity contribution >= 4 is 40.3 Å². The molecule has 0 fully saturated rings. The Hall–Kier alpha value is -2.74. The van der Waals surface area contributed by atoms with Gasteiger partial charge in [0.1, 0.15) is 12.1 Å². The number of hydrogen-bond acceptors (Lipinski definition) is 5. The van der Waals surface area contributed by atoms with Gasteiger partial charge in [0, 0.05) is 29.8 Å². The highest BCUT2D eigenvalue weighted by atomic mass is 35.5. The fourth-order valence-corrected chi connectivity index (χ4v) is 1.93. The van der Waals surface area contributed by atoms with Crippen LogP contribution >= 0.6 is 11.6 Å². The molecule has 0 heterocycles. The van der Waals surface area contributed by atoms with Crippen molar-refractivity contribution in [2.24, 2.45) is 5.73 Å². The monoisotopic (exact) mass is 391 g/mol. The maximum Gasteiger partial charge on any atom is 0.239 e. The second kappa shape index (κ2) is 12.6. The molecule has 0 spiro atoms. The van der Waals surface area contributed by atoms with Gasteiger partial charge in [0.2, 0.25) is 5.91 Å². The Morgan fingerprint density at radius 3 is 2.11 bits per heavy atom. The van der Waals surface area contributed by atoms with E-state index in [1.807, 2.05) is 85.2 Å². The lowest BCUT2D eigenvalue weighted by Crippen LogP contribution is -2.72. The van der Waals surface area contributed by atoms with Gasteiger partial charge in [-0.25, -0.2) is 0 Å². The molecule has 2 aromatic carbocycles. The summed E-state index contributed by atoms with van der Waals surface area (Å²) in [5, 5.41) is 7.87. The molecule has 0 aliphatic heterocycles. The lowest BCUT2D eigenvalue weighted by molar-refractivity contribution is -0.557. The van der Waals surface area contributed by atoms with Crippen molar-refractivity contribution < 1.29 is 10.1 Å². The summed E-state index contributed by atoms with van der Waals surface area (Å²) >= 11 is 5.42. The molecule has 0 radical (unpaired) electrons. The second-order valence-corrected chi connectivity index (χ2v) is 5.89. The van der Waals surface area contributed by atoms with Gasteiger partial charge in [-0.05, 0) is 48.5 Å². The van der Waals surface area contributed by atoms with E-state index in [0.717, 1.165) is 17.1 Å². The van der Waals surface area contributed by atoms with Crippen molar-refractivity contribution in [3.05, 3.63) is 60.9 Å². The number of rotatable bonds is 7. The van der Waals surface area contributed by atoms with Gasteiger partial charge in [0.05, 0.1) is 19.9 Å². The standard InChI is InChI=1S/C14H14ClN3O.C5H13N3/c15-9-14(19)18-13-7-5-12(6-8-13)17-11-3-1-10(16)2-4-11;1-7-3-4-8(2)5-6/h1-8,17H,9,16H2,(H,18,19);3-4,7H,5-6H2,1-2H3/p+1/b;4-3-. The van der Waals surface area contributed by atoms with Crippen molar-refractivity contribution in [2.75, 3.05) is 43.0 Å². The number of quaternary nitrogens is 1. The van der Waals surface area contributed by atoms with Gasteiger partial charge >= 0.3 is 0 Å². The van der Waals surface area contributed by atoms with Crippen LogP contribution in [0.4, 0.5) is 22.7 Å². The summed E-state index contributed by atoms with van der Waals surface area (Å²) < 4.78 is 0. The Bertz CT molecular complexity index is 703. The van der Waals surface area contributed by atoms with E-state index in [2.05, 4.69) is 10.6 Å². The van der Waals surface area contributed by atoms with Gasteiger partial charge in [-0.15, -0.1) is 11.6 Å². The summed E-state index contributed by atoms with van der Waals surface area (Å²) in [5.74, 6) is -0.272. The van der Waals surface area contributed by atoms with E-state index in [1.165, 1.54) is 0 Å². The van der Waals surface area contributed by atoms with Crippen LogP contribution < -0.4 is 27.4 Å². The van der Waals surface area contributed by atoms with Gasteiger partial charge in [-0.3, -0.25) is 4.79 Å². The highest BCUT2D eigenvalue weighted by Gasteiger charge is 2.00. The zero-order valence-electron chi connectivity index (χ0n) is 15.7. The Kier molecular flexibility index (Phi) is 10.4. The first-order valence-electron chi connectivity index (χ1n) is 8.43. The molecule has 0 unspecified atom stereocenters. The summed E-state index contributed by atoms with van der Waals surface area (Å²) in [6.07, 6.45) is 3.88. The van der Waals surface area contributed by atoms with Crippen molar-refractivity contribution in [2.45, 2.75) is 0 Å². The Morgan fingerprint density at radius 2 is 1.63 bits per heavy atom. The first-order valence-corrected chi connectivity index (χ1v) is 8.96. The number of benzene rings is 2. The number of carbonyl (C=O) groups excluding carboxylic acids is 1. The van der Waals surface area contributed by atoms with Crippen LogP contribution in [0.3, 0.4) is 0 Å². The summed E-state index contributed by atoms with van der Waals surface area (Å²) in [7, 11) is 3.90. The SMILES string of the molecule is C[NH2+]/C=C\N(C)CN.Nc1ccc(Nc2ccc(NC(=O)CCl)cc2)cc1. The van der Waals surface area contributed by atoms with E-state index in [1.54, 1.807) is 0 Å². The topological polar surface area (TPSA) is 113 Å². The lowest BCUT2D eigenvalue weighted by Gasteiger charge is -2.08. The molecule has 27 heavy (non-hydrogen) atoms. The normalized spacial score (nSPS) is 10.1. The fraction of sp³-hybridized carbons (Fsp3) is 0.211. The zero-order chi connectivity index (χ0) is 20.1. The Labute approximate surface area is 165 Å². The molecule has 1 amide bonds. The smallest absolute Gasteiger partial charge is 0.239 e. The molecule has 0 aromatic heterocycles. The molecule has 2 rings (SSSR count). The molecule has 0 aliphatic carbocycles. The third-order valence-electron chi connectivity index (χ3n) is 3.31. The third kappa shape index (κ3) is 9.50. The molecular formula is C19H28ClN6O+. The van der Waals surface area contributed by atoms with Crippen LogP contribution in [-0.2, 0) is 4.79 Å². The Morgan fingerprint density at radius 1 is 1.11 bits per heavy atom. The highest BCUT2D eigenvalue weighted by molar-refractivity contribution is 6.29. The number of carbonyl (C=O) groups is 1. The van der Waals surface area contributed by atoms with Gasteiger partial charge in [0.25, 0.3) is 0 Å². The summed E-state index contributed by atoms with van der Waals surface area (Å²) in [5.41, 5.74) is 14.2. The molecule has 8 N–H and O–H groups in total. The van der Waals surface area contributed by atoms with E-state index in [0.29, 0.717) is 12.4 Å². The number of alkyl halides is 1. The second-order valence-electron chi connectivity index (χ2n) is 5.62. The fourth-order valence-electron chi connectivity index (χ4n) is 1.86. The molecule has 2 aromatic rings. The number of anilines is 4. The van der Waals surface area contributed by atoms with E-state index in [9.17, 15) is 4.79 Å². The molecule has 0 aliphatic rings. The van der Waals surface area contributed by atoms with E-state index >= 15 is 0 Å². The predicted molar refractivity (Wildman–Crippen MR) is 114 cm³/mol. The number of nitrogens with one attached hydrogen (secondary N) is 2. The average molecular weight is 392 g/mol. The molecule has 0 saturated heterocycles. The predicted octanol–water partition coefficient (Wildman–Crippen LogP) is 1.69. The van der Waals surface area contributed by atoms with E-state index in [-0.39, 0.29) is 11.8 Å². The van der Waals surface area contributed by atoms with Crippen LogP contribution in [-0.4, -0.2) is 37.5 Å². The van der Waals surface area contributed by atoms with Crippen LogP contribution in [0.1, 0.15) is 0 Å². The van der Waals surface area contributed by atoms with Gasteiger partial charge in [-0.2, -0.15) is 0 Å². The summed E-state index contributed by atoms with van der Waals surface area (Å²) in [6, 6.07) is 14.8. The molecule has 8 heteroatoms. The minimum absolute atomic E-state index is 0.0502. The number of halogens is 1. The van der Waals surface area contributed by atoms with Gasteiger partial charge in [-0.1, -0.05) is 0 Å². The Balaban J connectivity index is 0.000000387. The number of nitrogens with two attached hydrogens (primary N) is 3.